The summed E-state index contributed by atoms with van der Waals surface area (Å²) in [6.45, 7) is 7.01. The Kier molecular flexibility index (Phi) is 3.66. The summed E-state index contributed by atoms with van der Waals surface area (Å²) in [4.78, 5) is 26.3. The van der Waals surface area contributed by atoms with Crippen LogP contribution in [0.15, 0.2) is 23.8 Å². The summed E-state index contributed by atoms with van der Waals surface area (Å²) in [6.07, 6.45) is 9.30. The van der Waals surface area contributed by atoms with Crippen molar-refractivity contribution in [3.05, 3.63) is 23.8 Å². The van der Waals surface area contributed by atoms with Gasteiger partial charge in [0.05, 0.1) is 0 Å². The number of allylic oxidation sites excluding steroid dienone is 4. The summed E-state index contributed by atoms with van der Waals surface area (Å²) in [5, 5.41) is 0. The number of hydrogen-bond donors (Lipinski definition) is 0. The molecule has 0 N–H and O–H groups in total. The number of hydrogen-bond acceptors (Lipinski definition) is 3. The van der Waals surface area contributed by atoms with Crippen LogP contribution in [0.5, 0.6) is 0 Å². The monoisotopic (exact) mass is 303 g/mol. The molecule has 2 fully saturated rings. The maximum Gasteiger partial charge on any atom is 0.410 e. The highest BCUT2D eigenvalue weighted by Crippen LogP contribution is 2.53. The van der Waals surface area contributed by atoms with Gasteiger partial charge in [0.2, 0.25) is 0 Å². The van der Waals surface area contributed by atoms with Crippen molar-refractivity contribution in [3.63, 3.8) is 0 Å². The predicted octanol–water partition coefficient (Wildman–Crippen LogP) is 3.48. The summed E-state index contributed by atoms with van der Waals surface area (Å²) in [5.74, 6) is 0.472. The van der Waals surface area contributed by atoms with Crippen molar-refractivity contribution in [2.75, 3.05) is 13.1 Å². The lowest BCUT2D eigenvalue weighted by molar-refractivity contribution is -0.120. The molecule has 0 radical (unpaired) electrons. The van der Waals surface area contributed by atoms with Crippen LogP contribution in [-0.2, 0) is 9.53 Å². The predicted molar refractivity (Wildman–Crippen MR) is 84.4 cm³/mol. The Hall–Kier alpha value is -1.58. The Labute approximate surface area is 132 Å². The molecule has 1 heterocycles. The third-order valence-corrected chi connectivity index (χ3v) is 5.04. The highest BCUT2D eigenvalue weighted by atomic mass is 16.6. The molecule has 0 aromatic carbocycles. The Morgan fingerprint density at radius 3 is 2.64 bits per heavy atom. The average molecular weight is 303 g/mol. The van der Waals surface area contributed by atoms with Crippen LogP contribution in [0, 0.1) is 11.3 Å². The maximum atomic E-state index is 12.3. The van der Waals surface area contributed by atoms with E-state index in [4.69, 9.17) is 4.74 Å². The molecule has 1 amide bonds. The van der Waals surface area contributed by atoms with Gasteiger partial charge >= 0.3 is 6.09 Å². The van der Waals surface area contributed by atoms with Crippen molar-refractivity contribution < 1.29 is 14.3 Å². The van der Waals surface area contributed by atoms with E-state index in [1.165, 1.54) is 5.57 Å². The van der Waals surface area contributed by atoms with Gasteiger partial charge < -0.3 is 9.64 Å². The molecule has 1 atom stereocenters. The third-order valence-electron chi connectivity index (χ3n) is 5.04. The van der Waals surface area contributed by atoms with E-state index in [-0.39, 0.29) is 17.4 Å². The van der Waals surface area contributed by atoms with Gasteiger partial charge in [-0.1, -0.05) is 23.8 Å². The molecule has 3 aliphatic rings. The molecule has 0 aromatic heterocycles. The van der Waals surface area contributed by atoms with Crippen LogP contribution >= 0.6 is 0 Å². The van der Waals surface area contributed by atoms with Gasteiger partial charge in [0.1, 0.15) is 11.4 Å². The van der Waals surface area contributed by atoms with Gasteiger partial charge in [-0.15, -0.1) is 0 Å². The van der Waals surface area contributed by atoms with Gasteiger partial charge in [-0.2, -0.15) is 0 Å². The van der Waals surface area contributed by atoms with E-state index in [1.54, 1.807) is 4.90 Å². The molecule has 1 saturated carbocycles. The molecular weight excluding hydrogens is 278 g/mol. The summed E-state index contributed by atoms with van der Waals surface area (Å²) < 4.78 is 5.45. The smallest absolute Gasteiger partial charge is 0.410 e. The molecule has 3 rings (SSSR count). The molecule has 2 aliphatic carbocycles. The van der Waals surface area contributed by atoms with Crippen molar-refractivity contribution >= 4 is 11.9 Å². The van der Waals surface area contributed by atoms with Crippen molar-refractivity contribution in [2.24, 2.45) is 11.3 Å². The van der Waals surface area contributed by atoms with Crippen molar-refractivity contribution in [1.82, 2.24) is 4.90 Å². The fourth-order valence-corrected chi connectivity index (χ4v) is 3.95. The normalized spacial score (nSPS) is 26.9. The largest absolute Gasteiger partial charge is 0.444 e. The Balaban J connectivity index is 1.69. The average Bonchev–Trinajstić information content (AvgIpc) is 2.71. The maximum absolute atomic E-state index is 12.3. The highest BCUT2D eigenvalue weighted by Gasteiger charge is 2.50. The van der Waals surface area contributed by atoms with E-state index in [9.17, 15) is 9.59 Å². The van der Waals surface area contributed by atoms with Crippen molar-refractivity contribution in [1.29, 1.82) is 0 Å². The number of fused-ring (bicyclic) bond motifs is 2. The van der Waals surface area contributed by atoms with E-state index in [1.807, 2.05) is 20.8 Å². The number of ketones is 1. The van der Waals surface area contributed by atoms with Gasteiger partial charge in [-0.05, 0) is 40.0 Å². The number of likely N-dealkylation sites (tertiary alicyclic amines) is 1. The Morgan fingerprint density at radius 1 is 1.32 bits per heavy atom. The summed E-state index contributed by atoms with van der Waals surface area (Å²) in [7, 11) is 0. The zero-order chi connectivity index (χ0) is 16.0. The fraction of sp³-hybridized carbons (Fsp3) is 0.667. The Bertz CT molecular complexity index is 545. The molecule has 1 spiro atoms. The molecule has 1 unspecified atom stereocenters. The number of amides is 1. The molecule has 1 aliphatic heterocycles. The topological polar surface area (TPSA) is 46.6 Å². The lowest BCUT2D eigenvalue weighted by Crippen LogP contribution is -2.45. The summed E-state index contributed by atoms with van der Waals surface area (Å²) in [6, 6.07) is 0. The first kappa shape index (κ1) is 15.3. The Morgan fingerprint density at radius 2 is 2.00 bits per heavy atom. The standard InChI is InChI=1S/C18H25NO3/c1-17(2,3)22-16(21)19-10-8-18(9-11-19)12-15(20)13-6-4-5-7-14(13)18/h4-5,7,13H,6,8-12H2,1-3H3. The number of rotatable bonds is 0. The van der Waals surface area contributed by atoms with E-state index >= 15 is 0 Å². The summed E-state index contributed by atoms with van der Waals surface area (Å²) >= 11 is 0. The SMILES string of the molecule is CC(C)(C)OC(=O)N1CCC2(CC1)CC(=O)C1CC=CC=C12. The lowest BCUT2D eigenvalue weighted by atomic mass is 9.71. The molecule has 1 saturated heterocycles. The van der Waals surface area contributed by atoms with Crippen LogP contribution in [-0.4, -0.2) is 35.5 Å². The van der Waals surface area contributed by atoms with E-state index in [0.717, 1.165) is 19.3 Å². The number of Topliss-reactive ketones (excluding diaryl/α,β-unsaturated/α-hetero) is 1. The zero-order valence-corrected chi connectivity index (χ0v) is 13.7. The van der Waals surface area contributed by atoms with E-state index in [2.05, 4.69) is 18.2 Å². The summed E-state index contributed by atoms with van der Waals surface area (Å²) in [5.41, 5.74) is 0.839. The van der Waals surface area contributed by atoms with Crippen LogP contribution in [0.2, 0.25) is 0 Å². The number of carbonyl (C=O) groups is 2. The first-order valence-electron chi connectivity index (χ1n) is 8.19. The minimum Gasteiger partial charge on any atom is -0.444 e. The molecule has 4 heteroatoms. The first-order valence-corrected chi connectivity index (χ1v) is 8.19. The number of nitrogens with zero attached hydrogens (tertiary/aromatic N) is 1. The number of ether oxygens (including phenoxy) is 1. The zero-order valence-electron chi connectivity index (χ0n) is 13.7. The van der Waals surface area contributed by atoms with Crippen molar-refractivity contribution in [3.8, 4) is 0 Å². The second kappa shape index (κ2) is 5.25. The minimum atomic E-state index is -0.461. The van der Waals surface area contributed by atoms with Crippen LogP contribution in [0.1, 0.15) is 46.5 Å². The molecule has 120 valence electrons. The first-order chi connectivity index (χ1) is 10.3. The molecule has 0 aromatic rings. The second-order valence-electron chi connectivity index (χ2n) is 7.73. The molecule has 22 heavy (non-hydrogen) atoms. The quantitative estimate of drug-likeness (QED) is 0.688. The van der Waals surface area contributed by atoms with Crippen LogP contribution < -0.4 is 0 Å². The van der Waals surface area contributed by atoms with Crippen LogP contribution in [0.4, 0.5) is 4.79 Å². The van der Waals surface area contributed by atoms with Gasteiger partial charge in [0.15, 0.2) is 0 Å². The highest BCUT2D eigenvalue weighted by molar-refractivity contribution is 5.89. The van der Waals surface area contributed by atoms with Gasteiger partial charge in [-0.25, -0.2) is 4.79 Å². The van der Waals surface area contributed by atoms with Crippen LogP contribution in [0.3, 0.4) is 0 Å². The van der Waals surface area contributed by atoms with E-state index < -0.39 is 5.60 Å². The van der Waals surface area contributed by atoms with Gasteiger partial charge in [0, 0.05) is 30.8 Å². The van der Waals surface area contributed by atoms with Crippen LogP contribution in [0.25, 0.3) is 0 Å². The fourth-order valence-electron chi connectivity index (χ4n) is 3.95. The number of carbonyl (C=O) groups excluding carboxylic acids is 2. The van der Waals surface area contributed by atoms with Gasteiger partial charge in [-0.3, -0.25) is 4.79 Å². The van der Waals surface area contributed by atoms with Crippen molar-refractivity contribution in [2.45, 2.75) is 52.1 Å². The second-order valence-corrected chi connectivity index (χ2v) is 7.73. The molecule has 0 bridgehead atoms. The molecule has 4 nitrogen and oxygen atoms in total. The third kappa shape index (κ3) is 2.71. The lowest BCUT2D eigenvalue weighted by Gasteiger charge is -2.41. The minimum absolute atomic E-state index is 0.00891. The molecular formula is C18H25NO3. The van der Waals surface area contributed by atoms with Gasteiger partial charge in [0.25, 0.3) is 0 Å². The van der Waals surface area contributed by atoms with E-state index in [0.29, 0.717) is 25.3 Å². The number of piperidine rings is 1.